The van der Waals surface area contributed by atoms with Gasteiger partial charge in [0, 0.05) is 24.9 Å². The first kappa shape index (κ1) is 18.9. The van der Waals surface area contributed by atoms with Crippen LogP contribution >= 0.6 is 0 Å². The summed E-state index contributed by atoms with van der Waals surface area (Å²) in [5, 5.41) is 7.63. The molecule has 0 aliphatic carbocycles. The zero-order valence-corrected chi connectivity index (χ0v) is 16.0. The summed E-state index contributed by atoms with van der Waals surface area (Å²) < 4.78 is 7.12. The Hall–Kier alpha value is -2.92. The number of para-hydroxylation sites is 1. The molecule has 27 heavy (non-hydrogen) atoms. The van der Waals surface area contributed by atoms with Crippen LogP contribution in [0.2, 0.25) is 0 Å². The number of rotatable bonds is 7. The first-order valence-electron chi connectivity index (χ1n) is 9.03. The second-order valence-electron chi connectivity index (χ2n) is 6.55. The van der Waals surface area contributed by atoms with Crippen molar-refractivity contribution >= 4 is 5.91 Å². The molecule has 0 saturated carbocycles. The van der Waals surface area contributed by atoms with Crippen LogP contribution in [0.5, 0.6) is 0 Å². The summed E-state index contributed by atoms with van der Waals surface area (Å²) >= 11 is 0. The van der Waals surface area contributed by atoms with Gasteiger partial charge in [0.1, 0.15) is 0 Å². The number of aryl methyl sites for hydroxylation is 1. The van der Waals surface area contributed by atoms with Crippen molar-refractivity contribution in [3.8, 4) is 5.69 Å². The van der Waals surface area contributed by atoms with E-state index >= 15 is 0 Å². The van der Waals surface area contributed by atoms with Crippen LogP contribution in [0.15, 0.2) is 54.6 Å². The smallest absolute Gasteiger partial charge is 0.224 e. The van der Waals surface area contributed by atoms with Gasteiger partial charge in [-0.1, -0.05) is 42.5 Å². The molecule has 140 valence electrons. The van der Waals surface area contributed by atoms with Crippen LogP contribution in [0, 0.1) is 13.8 Å². The predicted octanol–water partition coefficient (Wildman–Crippen LogP) is 3.49. The fourth-order valence-electron chi connectivity index (χ4n) is 3.19. The average Bonchev–Trinajstić information content (AvgIpc) is 2.96. The number of carbonyl (C=O) groups excluding carboxylic acids is 1. The van der Waals surface area contributed by atoms with E-state index in [9.17, 15) is 4.79 Å². The lowest BCUT2D eigenvalue weighted by atomic mass is 10.1. The van der Waals surface area contributed by atoms with E-state index in [-0.39, 0.29) is 5.91 Å². The summed E-state index contributed by atoms with van der Waals surface area (Å²) in [7, 11) is 1.67. The van der Waals surface area contributed by atoms with E-state index in [1.807, 2.05) is 73.1 Å². The number of aromatic nitrogens is 2. The van der Waals surface area contributed by atoms with Gasteiger partial charge in [-0.05, 0) is 37.1 Å². The Balaban J connectivity index is 1.69. The van der Waals surface area contributed by atoms with E-state index in [0.717, 1.165) is 33.8 Å². The van der Waals surface area contributed by atoms with Crippen molar-refractivity contribution < 1.29 is 9.53 Å². The Morgan fingerprint density at radius 1 is 1.04 bits per heavy atom. The second-order valence-corrected chi connectivity index (χ2v) is 6.55. The quantitative estimate of drug-likeness (QED) is 0.699. The van der Waals surface area contributed by atoms with Gasteiger partial charge in [-0.3, -0.25) is 4.79 Å². The minimum Gasteiger partial charge on any atom is -0.380 e. The van der Waals surface area contributed by atoms with Crippen molar-refractivity contribution in [3.05, 3.63) is 82.7 Å². The van der Waals surface area contributed by atoms with Crippen LogP contribution in [0.3, 0.4) is 0 Å². The Morgan fingerprint density at radius 2 is 1.70 bits per heavy atom. The number of nitrogens with zero attached hydrogens (tertiary/aromatic N) is 2. The third kappa shape index (κ3) is 4.44. The molecular weight excluding hydrogens is 338 g/mol. The largest absolute Gasteiger partial charge is 0.380 e. The molecule has 0 bridgehead atoms. The fourth-order valence-corrected chi connectivity index (χ4v) is 3.19. The lowest BCUT2D eigenvalue weighted by Crippen LogP contribution is -2.25. The summed E-state index contributed by atoms with van der Waals surface area (Å²) in [5.41, 5.74) is 6.00. The molecular formula is C22H25N3O2. The molecule has 0 aliphatic rings. The summed E-state index contributed by atoms with van der Waals surface area (Å²) in [6.07, 6.45) is 0.316. The van der Waals surface area contributed by atoms with Crippen molar-refractivity contribution in [1.29, 1.82) is 0 Å². The number of hydrogen-bond acceptors (Lipinski definition) is 3. The maximum Gasteiger partial charge on any atom is 0.224 e. The first-order chi connectivity index (χ1) is 13.1. The van der Waals surface area contributed by atoms with Gasteiger partial charge in [-0.2, -0.15) is 5.10 Å². The van der Waals surface area contributed by atoms with E-state index in [1.165, 1.54) is 0 Å². The fraction of sp³-hybridized carbons (Fsp3) is 0.273. The Labute approximate surface area is 160 Å². The van der Waals surface area contributed by atoms with Gasteiger partial charge in [-0.15, -0.1) is 0 Å². The Morgan fingerprint density at radius 3 is 2.41 bits per heavy atom. The minimum absolute atomic E-state index is 0.0129. The Kier molecular flexibility index (Phi) is 6.04. The molecule has 0 aliphatic heterocycles. The maximum atomic E-state index is 12.5. The van der Waals surface area contributed by atoms with E-state index in [2.05, 4.69) is 10.4 Å². The highest BCUT2D eigenvalue weighted by Crippen LogP contribution is 2.18. The number of benzene rings is 2. The standard InChI is InChI=1S/C22H25N3O2/c1-16-21(17(2)25(24-16)20-11-5-4-6-12-20)13-22(26)23-14-18-9-7-8-10-19(18)15-27-3/h4-12H,13-15H2,1-3H3,(H,23,26). The molecule has 2 aromatic carbocycles. The van der Waals surface area contributed by atoms with Crippen molar-refractivity contribution in [3.63, 3.8) is 0 Å². The lowest BCUT2D eigenvalue weighted by molar-refractivity contribution is -0.120. The zero-order chi connectivity index (χ0) is 19.2. The molecule has 0 atom stereocenters. The normalized spacial score (nSPS) is 10.8. The highest BCUT2D eigenvalue weighted by Gasteiger charge is 2.16. The monoisotopic (exact) mass is 363 g/mol. The molecule has 1 amide bonds. The summed E-state index contributed by atoms with van der Waals surface area (Å²) in [5.74, 6) is -0.0129. The number of carbonyl (C=O) groups is 1. The molecule has 5 nitrogen and oxygen atoms in total. The summed E-state index contributed by atoms with van der Waals surface area (Å²) in [6.45, 7) is 4.98. The number of nitrogens with one attached hydrogen (secondary N) is 1. The van der Waals surface area contributed by atoms with Crippen LogP contribution in [0.4, 0.5) is 0 Å². The lowest BCUT2D eigenvalue weighted by Gasteiger charge is -2.10. The van der Waals surface area contributed by atoms with Crippen molar-refractivity contribution in [2.45, 2.75) is 33.4 Å². The Bertz CT molecular complexity index is 917. The van der Waals surface area contributed by atoms with Crippen LogP contribution in [0.25, 0.3) is 5.69 Å². The van der Waals surface area contributed by atoms with E-state index < -0.39 is 0 Å². The van der Waals surface area contributed by atoms with Crippen molar-refractivity contribution in [1.82, 2.24) is 15.1 Å². The topological polar surface area (TPSA) is 56.1 Å². The molecule has 0 unspecified atom stereocenters. The van der Waals surface area contributed by atoms with Gasteiger partial charge in [0.2, 0.25) is 5.91 Å². The SMILES string of the molecule is COCc1ccccc1CNC(=O)Cc1c(C)nn(-c2ccccc2)c1C. The molecule has 0 spiro atoms. The van der Waals surface area contributed by atoms with Gasteiger partial charge in [0.15, 0.2) is 0 Å². The average molecular weight is 363 g/mol. The number of hydrogen-bond donors (Lipinski definition) is 1. The van der Waals surface area contributed by atoms with Gasteiger partial charge >= 0.3 is 0 Å². The third-order valence-corrected chi connectivity index (χ3v) is 4.67. The number of ether oxygens (including phenoxy) is 1. The molecule has 0 fully saturated rings. The van der Waals surface area contributed by atoms with Crippen molar-refractivity contribution in [2.75, 3.05) is 7.11 Å². The number of methoxy groups -OCH3 is 1. The van der Waals surface area contributed by atoms with Crippen LogP contribution in [-0.2, 0) is 29.1 Å². The molecule has 1 aromatic heterocycles. The third-order valence-electron chi connectivity index (χ3n) is 4.67. The van der Waals surface area contributed by atoms with Gasteiger partial charge in [-0.25, -0.2) is 4.68 Å². The molecule has 3 aromatic rings. The zero-order valence-electron chi connectivity index (χ0n) is 16.0. The minimum atomic E-state index is -0.0129. The van der Waals surface area contributed by atoms with Gasteiger partial charge in [0.25, 0.3) is 0 Å². The molecule has 1 heterocycles. The molecule has 0 saturated heterocycles. The highest BCUT2D eigenvalue weighted by molar-refractivity contribution is 5.79. The van der Waals surface area contributed by atoms with Crippen LogP contribution in [0.1, 0.15) is 28.1 Å². The molecule has 1 N–H and O–H groups in total. The number of amides is 1. The summed E-state index contributed by atoms with van der Waals surface area (Å²) in [6, 6.07) is 17.9. The van der Waals surface area contributed by atoms with Gasteiger partial charge in [0.05, 0.1) is 24.4 Å². The molecule has 5 heteroatoms. The van der Waals surface area contributed by atoms with E-state index in [1.54, 1.807) is 7.11 Å². The molecule has 0 radical (unpaired) electrons. The summed E-state index contributed by atoms with van der Waals surface area (Å²) in [4.78, 5) is 12.5. The first-order valence-corrected chi connectivity index (χ1v) is 9.03. The predicted molar refractivity (Wildman–Crippen MR) is 106 cm³/mol. The highest BCUT2D eigenvalue weighted by atomic mass is 16.5. The second kappa shape index (κ2) is 8.64. The molecule has 3 rings (SSSR count). The van der Waals surface area contributed by atoms with Crippen molar-refractivity contribution in [2.24, 2.45) is 0 Å². The van der Waals surface area contributed by atoms with Crippen LogP contribution in [-0.4, -0.2) is 22.8 Å². The van der Waals surface area contributed by atoms with Crippen LogP contribution < -0.4 is 5.32 Å². The van der Waals surface area contributed by atoms with E-state index in [0.29, 0.717) is 19.6 Å². The maximum absolute atomic E-state index is 12.5. The van der Waals surface area contributed by atoms with E-state index in [4.69, 9.17) is 4.74 Å². The van der Waals surface area contributed by atoms with Gasteiger partial charge < -0.3 is 10.1 Å².